The van der Waals surface area contributed by atoms with Crippen LogP contribution in [0.25, 0.3) is 11.0 Å². The van der Waals surface area contributed by atoms with Crippen molar-refractivity contribution in [1.82, 2.24) is 15.2 Å². The van der Waals surface area contributed by atoms with E-state index in [0.717, 1.165) is 4.85 Å². The Morgan fingerprint density at radius 1 is 0.885 bits per heavy atom. The van der Waals surface area contributed by atoms with Crippen molar-refractivity contribution in [1.29, 1.82) is 0 Å². The Hall–Kier alpha value is -2.24. The van der Waals surface area contributed by atoms with Crippen molar-refractivity contribution in [2.45, 2.75) is 76.3 Å². The number of para-hydroxylation sites is 1. The molecule has 7 heteroatoms. The quantitative estimate of drug-likeness (QED) is 0.653. The van der Waals surface area contributed by atoms with Gasteiger partial charge in [-0.2, -0.15) is 0 Å². The summed E-state index contributed by atoms with van der Waals surface area (Å²) in [6, 6.07) is 11.2. The lowest BCUT2D eigenvalue weighted by atomic mass is 9.96. The molecular formula is C19H29N5O2. The molecule has 1 aromatic heterocycles. The number of hydrogen-bond acceptors (Lipinski definition) is 5. The Morgan fingerprint density at radius 3 is 1.96 bits per heavy atom. The summed E-state index contributed by atoms with van der Waals surface area (Å²) in [7, 11) is 0. The first-order chi connectivity index (χ1) is 12.3. The van der Waals surface area contributed by atoms with Crippen LogP contribution >= 0.6 is 0 Å². The zero-order chi connectivity index (χ0) is 17.3. The Kier molecular flexibility index (Phi) is 8.25. The second kappa shape index (κ2) is 10.7. The van der Waals surface area contributed by atoms with Gasteiger partial charge in [-0.05, 0) is 43.0 Å². The zero-order valence-electron chi connectivity index (χ0n) is 15.2. The number of nitrogens with zero attached hydrogens (tertiary/aromatic N) is 5. The van der Waals surface area contributed by atoms with Crippen molar-refractivity contribution in [2.75, 3.05) is 0 Å². The van der Waals surface area contributed by atoms with Crippen molar-refractivity contribution in [2.24, 2.45) is 9.98 Å². The van der Waals surface area contributed by atoms with Crippen LogP contribution in [0.1, 0.15) is 64.2 Å². The topological polar surface area (TPSA) is 107 Å². The van der Waals surface area contributed by atoms with E-state index in [1.165, 1.54) is 64.2 Å². The number of benzene rings is 1. The van der Waals surface area contributed by atoms with E-state index in [4.69, 9.17) is 5.21 Å². The monoisotopic (exact) mass is 359 g/mol. The summed E-state index contributed by atoms with van der Waals surface area (Å²) < 4.78 is 0. The lowest BCUT2D eigenvalue weighted by Gasteiger charge is -2.17. The Labute approximate surface area is 154 Å². The lowest BCUT2D eigenvalue weighted by molar-refractivity contribution is 0.155. The summed E-state index contributed by atoms with van der Waals surface area (Å²) >= 11 is 0. The molecule has 4 rings (SSSR count). The van der Waals surface area contributed by atoms with Gasteiger partial charge >= 0.3 is 0 Å². The summed E-state index contributed by atoms with van der Waals surface area (Å²) in [5.41, 5.74) is 1.33. The second-order valence-corrected chi connectivity index (χ2v) is 6.91. The molecule has 2 aromatic rings. The predicted molar refractivity (Wildman–Crippen MR) is 102 cm³/mol. The number of aromatic nitrogens is 3. The maximum atomic E-state index is 8.95. The molecule has 142 valence electrons. The molecular weight excluding hydrogens is 330 g/mol. The third-order valence-corrected chi connectivity index (χ3v) is 4.96. The average molecular weight is 359 g/mol. The predicted octanol–water partition coefficient (Wildman–Crippen LogP) is 3.67. The van der Waals surface area contributed by atoms with Gasteiger partial charge in [0, 0.05) is 0 Å². The molecule has 2 aliphatic rings. The SMILES string of the molecule is C(=NC1CCCCC1)=NC1CCCCC1.O.On1nnc2ccccc21. The summed E-state index contributed by atoms with van der Waals surface area (Å²) in [4.78, 5) is 9.68. The lowest BCUT2D eigenvalue weighted by Crippen LogP contribution is -2.10. The minimum atomic E-state index is 0. The summed E-state index contributed by atoms with van der Waals surface area (Å²) in [5, 5.41) is 16.1. The molecule has 0 saturated heterocycles. The number of aliphatic imine (C=N–C) groups is 2. The van der Waals surface area contributed by atoms with Crippen LogP contribution in [0.3, 0.4) is 0 Å². The molecule has 3 N–H and O–H groups in total. The van der Waals surface area contributed by atoms with E-state index < -0.39 is 0 Å². The van der Waals surface area contributed by atoms with Gasteiger partial charge in [-0.1, -0.05) is 55.5 Å². The van der Waals surface area contributed by atoms with Gasteiger partial charge in [-0.15, -0.1) is 5.10 Å². The molecule has 1 aromatic carbocycles. The molecule has 0 aliphatic heterocycles. The first kappa shape index (κ1) is 20.1. The number of rotatable bonds is 2. The average Bonchev–Trinajstić information content (AvgIpc) is 3.06. The van der Waals surface area contributed by atoms with Crippen molar-refractivity contribution in [3.05, 3.63) is 24.3 Å². The highest BCUT2D eigenvalue weighted by molar-refractivity contribution is 5.73. The first-order valence-electron chi connectivity index (χ1n) is 9.47. The summed E-state index contributed by atoms with van der Waals surface area (Å²) in [5.74, 6) is 0. The van der Waals surface area contributed by atoms with E-state index in [1.807, 2.05) is 12.1 Å². The highest BCUT2D eigenvalue weighted by Gasteiger charge is 2.12. The fourth-order valence-corrected chi connectivity index (χ4v) is 3.47. The van der Waals surface area contributed by atoms with E-state index in [9.17, 15) is 0 Å². The molecule has 0 spiro atoms. The van der Waals surface area contributed by atoms with E-state index >= 15 is 0 Å². The third kappa shape index (κ3) is 5.93. The molecule has 0 radical (unpaired) electrons. The highest BCUT2D eigenvalue weighted by Crippen LogP contribution is 2.21. The maximum Gasteiger partial charge on any atom is 0.130 e. The fraction of sp³-hybridized carbons (Fsp3) is 0.632. The van der Waals surface area contributed by atoms with Crippen LogP contribution in [0.15, 0.2) is 34.3 Å². The Bertz CT molecular complexity index is 690. The van der Waals surface area contributed by atoms with Crippen LogP contribution in [0, 0.1) is 0 Å². The minimum absolute atomic E-state index is 0. The molecule has 26 heavy (non-hydrogen) atoms. The van der Waals surface area contributed by atoms with Crippen molar-refractivity contribution in [3.8, 4) is 0 Å². The van der Waals surface area contributed by atoms with E-state index in [1.54, 1.807) is 12.1 Å². The van der Waals surface area contributed by atoms with Gasteiger partial charge in [0.05, 0.1) is 18.1 Å². The minimum Gasteiger partial charge on any atom is -0.412 e. The fourth-order valence-electron chi connectivity index (χ4n) is 3.47. The van der Waals surface area contributed by atoms with Crippen LogP contribution < -0.4 is 0 Å². The van der Waals surface area contributed by atoms with Crippen molar-refractivity contribution < 1.29 is 10.7 Å². The van der Waals surface area contributed by atoms with Crippen LogP contribution in [0.5, 0.6) is 0 Å². The molecule has 0 bridgehead atoms. The van der Waals surface area contributed by atoms with Gasteiger partial charge in [0.1, 0.15) is 11.0 Å². The normalized spacial score (nSPS) is 18.2. The molecule has 0 unspecified atom stereocenters. The summed E-state index contributed by atoms with van der Waals surface area (Å²) in [6.45, 7) is 0. The standard InChI is InChI=1S/C13H22N2.C6H5N3O.H2O/c1-3-7-12(8-4-1)14-11-15-13-9-5-2-6-10-13;10-9-6-4-2-1-3-5(6)7-8-9;/h12-13H,1-10H2;1-4,10H;1H2. The van der Waals surface area contributed by atoms with Gasteiger partial charge in [0.25, 0.3) is 0 Å². The molecule has 1 heterocycles. The smallest absolute Gasteiger partial charge is 0.130 e. The molecule has 2 saturated carbocycles. The number of hydrogen-bond donors (Lipinski definition) is 1. The van der Waals surface area contributed by atoms with Gasteiger partial charge in [0.15, 0.2) is 0 Å². The zero-order valence-corrected chi connectivity index (χ0v) is 15.2. The Balaban J connectivity index is 0.000000193. The summed E-state index contributed by atoms with van der Waals surface area (Å²) in [6.07, 6.45) is 13.2. The Morgan fingerprint density at radius 2 is 1.42 bits per heavy atom. The van der Waals surface area contributed by atoms with Crippen LogP contribution in [-0.2, 0) is 0 Å². The molecule has 7 nitrogen and oxygen atoms in total. The van der Waals surface area contributed by atoms with Gasteiger partial charge in [0.2, 0.25) is 0 Å². The van der Waals surface area contributed by atoms with Gasteiger partial charge < -0.3 is 10.7 Å². The maximum absolute atomic E-state index is 8.95. The highest BCUT2D eigenvalue weighted by atomic mass is 16.5. The molecule has 2 fully saturated rings. The number of fused-ring (bicyclic) bond motifs is 1. The second-order valence-electron chi connectivity index (χ2n) is 6.91. The van der Waals surface area contributed by atoms with Crippen LogP contribution in [0.4, 0.5) is 0 Å². The first-order valence-corrected chi connectivity index (χ1v) is 9.47. The van der Waals surface area contributed by atoms with Gasteiger partial charge in [-0.25, -0.2) is 9.98 Å². The van der Waals surface area contributed by atoms with Crippen LogP contribution in [-0.4, -0.2) is 43.9 Å². The van der Waals surface area contributed by atoms with E-state index in [-0.39, 0.29) is 5.48 Å². The van der Waals surface area contributed by atoms with Crippen molar-refractivity contribution in [3.63, 3.8) is 0 Å². The van der Waals surface area contributed by atoms with E-state index in [2.05, 4.69) is 26.3 Å². The van der Waals surface area contributed by atoms with Crippen molar-refractivity contribution >= 4 is 17.0 Å². The molecule has 0 amide bonds. The van der Waals surface area contributed by atoms with Crippen LogP contribution in [0.2, 0.25) is 0 Å². The molecule has 0 atom stereocenters. The third-order valence-electron chi connectivity index (χ3n) is 4.96. The van der Waals surface area contributed by atoms with E-state index in [0.29, 0.717) is 23.1 Å². The molecule has 2 aliphatic carbocycles. The largest absolute Gasteiger partial charge is 0.412 e. The van der Waals surface area contributed by atoms with Gasteiger partial charge in [-0.3, -0.25) is 0 Å².